The lowest BCUT2D eigenvalue weighted by molar-refractivity contribution is 1.13. The first-order valence-electron chi connectivity index (χ1n) is 6.43. The molecule has 2 rings (SSSR count). The normalized spacial score (nSPS) is 10.5. The Morgan fingerprint density at radius 2 is 1.53 bits per heavy atom. The van der Waals surface area contributed by atoms with Gasteiger partial charge in [-0.3, -0.25) is 0 Å². The van der Waals surface area contributed by atoms with Crippen LogP contribution >= 0.6 is 0 Å². The minimum absolute atomic E-state index is 1.10. The van der Waals surface area contributed by atoms with Crippen LogP contribution in [0.2, 0.25) is 0 Å². The van der Waals surface area contributed by atoms with E-state index in [1.54, 1.807) is 0 Å². The van der Waals surface area contributed by atoms with Gasteiger partial charge in [-0.1, -0.05) is 56.3 Å². The summed E-state index contributed by atoms with van der Waals surface area (Å²) in [4.78, 5) is 0. The Hall–Kier alpha value is -1.56. The Morgan fingerprint density at radius 3 is 2.24 bits per heavy atom. The van der Waals surface area contributed by atoms with Crippen LogP contribution in [0, 0.1) is 6.92 Å². The molecule has 0 fully saturated rings. The molecule has 0 aliphatic rings. The van der Waals surface area contributed by atoms with Gasteiger partial charge in [0.1, 0.15) is 0 Å². The van der Waals surface area contributed by atoms with E-state index in [0.29, 0.717) is 0 Å². The maximum atomic E-state index is 2.32. The van der Waals surface area contributed by atoms with Crippen molar-refractivity contribution in [2.75, 3.05) is 0 Å². The predicted molar refractivity (Wildman–Crippen MR) is 75.4 cm³/mol. The molecule has 2 aromatic carbocycles. The third-order valence-corrected chi connectivity index (χ3v) is 3.36. The van der Waals surface area contributed by atoms with Gasteiger partial charge in [-0.15, -0.1) is 0 Å². The molecule has 0 amide bonds. The lowest BCUT2D eigenvalue weighted by Gasteiger charge is -2.09. The molecule has 0 unspecified atom stereocenters. The molecule has 0 heterocycles. The molecule has 0 nitrogen and oxygen atoms in total. The summed E-state index contributed by atoms with van der Waals surface area (Å²) >= 11 is 0. The van der Waals surface area contributed by atoms with Gasteiger partial charge in [0, 0.05) is 0 Å². The van der Waals surface area contributed by atoms with Crippen molar-refractivity contribution >= 4 is 0 Å². The molecule has 0 saturated heterocycles. The monoisotopic (exact) mass is 224 g/mol. The second kappa shape index (κ2) is 5.18. The lowest BCUT2D eigenvalue weighted by atomic mass is 9.96. The van der Waals surface area contributed by atoms with Gasteiger partial charge in [0.25, 0.3) is 0 Å². The van der Waals surface area contributed by atoms with E-state index in [4.69, 9.17) is 0 Å². The topological polar surface area (TPSA) is 0 Å². The fourth-order valence-corrected chi connectivity index (χ4v) is 2.16. The fraction of sp³-hybridized carbons (Fsp3) is 0.294. The van der Waals surface area contributed by atoms with Crippen LogP contribution < -0.4 is 0 Å². The third kappa shape index (κ3) is 2.58. The van der Waals surface area contributed by atoms with Crippen LogP contribution in [0.4, 0.5) is 0 Å². The highest BCUT2D eigenvalue weighted by Crippen LogP contribution is 2.25. The highest BCUT2D eigenvalue weighted by Gasteiger charge is 2.03. The second-order valence-electron chi connectivity index (χ2n) is 4.56. The molecule has 0 heteroatoms. The van der Waals surface area contributed by atoms with Gasteiger partial charge in [0.2, 0.25) is 0 Å². The lowest BCUT2D eigenvalue weighted by Crippen LogP contribution is -1.88. The standard InChI is InChI=1S/C17H20/c1-4-14-7-6-8-16(11-14)17-12-15(5-2)10-9-13(17)3/h6-12H,4-5H2,1-3H3. The Labute approximate surface area is 104 Å². The number of aryl methyl sites for hydroxylation is 3. The summed E-state index contributed by atoms with van der Waals surface area (Å²) in [5.74, 6) is 0. The first-order chi connectivity index (χ1) is 8.24. The van der Waals surface area contributed by atoms with Crippen molar-refractivity contribution in [1.82, 2.24) is 0 Å². The maximum Gasteiger partial charge on any atom is -0.0152 e. The van der Waals surface area contributed by atoms with Gasteiger partial charge in [0.05, 0.1) is 0 Å². The van der Waals surface area contributed by atoms with Crippen molar-refractivity contribution in [2.45, 2.75) is 33.6 Å². The van der Waals surface area contributed by atoms with Crippen LogP contribution in [0.5, 0.6) is 0 Å². The minimum Gasteiger partial charge on any atom is -0.0614 e. The Balaban J connectivity index is 2.50. The van der Waals surface area contributed by atoms with E-state index < -0.39 is 0 Å². The van der Waals surface area contributed by atoms with Gasteiger partial charge in [-0.25, -0.2) is 0 Å². The zero-order valence-electron chi connectivity index (χ0n) is 11.0. The molecule has 0 saturated carbocycles. The van der Waals surface area contributed by atoms with Crippen molar-refractivity contribution in [1.29, 1.82) is 0 Å². The second-order valence-corrected chi connectivity index (χ2v) is 4.56. The van der Waals surface area contributed by atoms with Crippen molar-refractivity contribution in [3.8, 4) is 11.1 Å². The van der Waals surface area contributed by atoms with E-state index in [9.17, 15) is 0 Å². The summed E-state index contributed by atoms with van der Waals surface area (Å²) in [6.45, 7) is 6.60. The first-order valence-corrected chi connectivity index (χ1v) is 6.43. The average Bonchev–Trinajstić information content (AvgIpc) is 2.39. The molecule has 0 bridgehead atoms. The van der Waals surface area contributed by atoms with E-state index in [0.717, 1.165) is 12.8 Å². The molecule has 2 aromatic rings. The molecule has 0 aromatic heterocycles. The zero-order chi connectivity index (χ0) is 12.3. The Kier molecular flexibility index (Phi) is 3.63. The summed E-state index contributed by atoms with van der Waals surface area (Å²) < 4.78 is 0. The summed E-state index contributed by atoms with van der Waals surface area (Å²) in [5.41, 5.74) is 6.89. The van der Waals surface area contributed by atoms with E-state index in [1.165, 1.54) is 27.8 Å². The van der Waals surface area contributed by atoms with Crippen LogP contribution in [0.25, 0.3) is 11.1 Å². The molecule has 0 aliphatic heterocycles. The van der Waals surface area contributed by atoms with Gasteiger partial charge < -0.3 is 0 Å². The van der Waals surface area contributed by atoms with Crippen molar-refractivity contribution in [2.24, 2.45) is 0 Å². The fourth-order valence-electron chi connectivity index (χ4n) is 2.16. The van der Waals surface area contributed by atoms with Crippen molar-refractivity contribution < 1.29 is 0 Å². The highest BCUT2D eigenvalue weighted by molar-refractivity contribution is 5.68. The highest BCUT2D eigenvalue weighted by atomic mass is 14.1. The molecule has 0 radical (unpaired) electrons. The SMILES string of the molecule is CCc1cccc(-c2cc(CC)ccc2C)c1. The molecule has 0 aliphatic carbocycles. The smallest absolute Gasteiger partial charge is 0.0152 e. The largest absolute Gasteiger partial charge is 0.0614 e. The molecule has 17 heavy (non-hydrogen) atoms. The Bertz CT molecular complexity index is 509. The Morgan fingerprint density at radius 1 is 0.824 bits per heavy atom. The molecule has 0 spiro atoms. The quantitative estimate of drug-likeness (QED) is 0.703. The molecule has 0 atom stereocenters. The third-order valence-electron chi connectivity index (χ3n) is 3.36. The van der Waals surface area contributed by atoms with E-state index in [-0.39, 0.29) is 0 Å². The van der Waals surface area contributed by atoms with E-state index in [2.05, 4.69) is 63.2 Å². The number of hydrogen-bond acceptors (Lipinski definition) is 0. The number of benzene rings is 2. The number of rotatable bonds is 3. The summed E-state index contributed by atoms with van der Waals surface area (Å²) in [5, 5.41) is 0. The summed E-state index contributed by atoms with van der Waals surface area (Å²) in [7, 11) is 0. The van der Waals surface area contributed by atoms with Gasteiger partial charge in [0.15, 0.2) is 0 Å². The molecular weight excluding hydrogens is 204 g/mol. The predicted octanol–water partition coefficient (Wildman–Crippen LogP) is 4.79. The zero-order valence-corrected chi connectivity index (χ0v) is 11.0. The van der Waals surface area contributed by atoms with Gasteiger partial charge >= 0.3 is 0 Å². The summed E-state index contributed by atoms with van der Waals surface area (Å²) in [6, 6.07) is 15.6. The van der Waals surface area contributed by atoms with Crippen molar-refractivity contribution in [3.63, 3.8) is 0 Å². The van der Waals surface area contributed by atoms with E-state index >= 15 is 0 Å². The minimum atomic E-state index is 1.10. The van der Waals surface area contributed by atoms with Gasteiger partial charge in [-0.2, -0.15) is 0 Å². The van der Waals surface area contributed by atoms with E-state index in [1.807, 2.05) is 0 Å². The molecule has 0 N–H and O–H groups in total. The van der Waals surface area contributed by atoms with Crippen LogP contribution in [-0.4, -0.2) is 0 Å². The molecular formula is C17H20. The van der Waals surface area contributed by atoms with Crippen LogP contribution in [-0.2, 0) is 12.8 Å². The number of hydrogen-bond donors (Lipinski definition) is 0. The van der Waals surface area contributed by atoms with Gasteiger partial charge in [-0.05, 0) is 47.6 Å². The summed E-state index contributed by atoms with van der Waals surface area (Å²) in [6.07, 6.45) is 2.20. The van der Waals surface area contributed by atoms with Crippen LogP contribution in [0.15, 0.2) is 42.5 Å². The van der Waals surface area contributed by atoms with Crippen LogP contribution in [0.1, 0.15) is 30.5 Å². The maximum absolute atomic E-state index is 2.32. The average molecular weight is 224 g/mol. The van der Waals surface area contributed by atoms with Crippen molar-refractivity contribution in [3.05, 3.63) is 59.2 Å². The first kappa shape index (κ1) is 11.9. The molecule has 88 valence electrons. The van der Waals surface area contributed by atoms with Crippen LogP contribution in [0.3, 0.4) is 0 Å².